The van der Waals surface area contributed by atoms with Crippen molar-refractivity contribution >= 4 is 17.4 Å². The third-order valence-corrected chi connectivity index (χ3v) is 6.18. The summed E-state index contributed by atoms with van der Waals surface area (Å²) in [5.41, 5.74) is 4.17. The van der Waals surface area contributed by atoms with Crippen molar-refractivity contribution < 1.29 is 14.6 Å². The second-order valence-corrected chi connectivity index (χ2v) is 8.54. The molecule has 11 nitrogen and oxygen atoms in total. The molecular formula is C25H26N8O3. The first kappa shape index (κ1) is 23.4. The quantitative estimate of drug-likeness (QED) is 0.404. The van der Waals surface area contributed by atoms with E-state index in [1.807, 2.05) is 30.5 Å². The van der Waals surface area contributed by atoms with Crippen LogP contribution in [0.5, 0.6) is 5.75 Å². The van der Waals surface area contributed by atoms with E-state index in [4.69, 9.17) is 4.74 Å². The van der Waals surface area contributed by atoms with Crippen LogP contribution in [0.25, 0.3) is 11.5 Å². The molecule has 1 aliphatic heterocycles. The molecule has 5 rings (SSSR count). The molecule has 1 aromatic carbocycles. The van der Waals surface area contributed by atoms with Crippen LogP contribution in [-0.2, 0) is 13.0 Å². The van der Waals surface area contributed by atoms with Crippen molar-refractivity contribution in [3.05, 3.63) is 71.5 Å². The predicted molar refractivity (Wildman–Crippen MR) is 133 cm³/mol. The van der Waals surface area contributed by atoms with E-state index in [2.05, 4.69) is 35.7 Å². The molecule has 0 fully saturated rings. The molecule has 0 saturated heterocycles. The summed E-state index contributed by atoms with van der Waals surface area (Å²) in [5.74, 6) is 0.925. The number of methoxy groups -OCH3 is 1. The number of carbonyl (C=O) groups excluding carboxylic acids is 1. The van der Waals surface area contributed by atoms with Crippen molar-refractivity contribution in [2.75, 3.05) is 30.5 Å². The minimum atomic E-state index is -0.332. The number of nitrogens with zero attached hydrogens (tertiary/aromatic N) is 7. The summed E-state index contributed by atoms with van der Waals surface area (Å²) < 4.78 is 7.05. The molecule has 11 heteroatoms. The van der Waals surface area contributed by atoms with Crippen LogP contribution in [0.3, 0.4) is 0 Å². The smallest absolute Gasteiger partial charge is 0.260 e. The van der Waals surface area contributed by atoms with Crippen LogP contribution in [-0.4, -0.2) is 61.5 Å². The molecule has 1 atom stereocenters. The maximum absolute atomic E-state index is 13.3. The number of carbonyl (C=O) groups is 1. The fraction of sp³-hybridized carbons (Fsp3) is 0.280. The lowest BCUT2D eigenvalue weighted by molar-refractivity contribution is 0.102. The highest BCUT2D eigenvalue weighted by molar-refractivity contribution is 6.06. The van der Waals surface area contributed by atoms with Crippen LogP contribution in [0.2, 0.25) is 0 Å². The zero-order valence-corrected chi connectivity index (χ0v) is 20.0. The van der Waals surface area contributed by atoms with Crippen molar-refractivity contribution in [1.82, 2.24) is 30.2 Å². The van der Waals surface area contributed by atoms with E-state index in [1.165, 1.54) is 4.68 Å². The average molecular weight is 487 g/mol. The number of aliphatic hydroxyl groups is 1. The molecule has 4 heterocycles. The molecule has 2 N–H and O–H groups in total. The van der Waals surface area contributed by atoms with E-state index >= 15 is 0 Å². The number of tetrazole rings is 1. The van der Waals surface area contributed by atoms with Gasteiger partial charge in [0.25, 0.3) is 5.91 Å². The van der Waals surface area contributed by atoms with Gasteiger partial charge < -0.3 is 20.1 Å². The van der Waals surface area contributed by atoms with Gasteiger partial charge in [-0.1, -0.05) is 6.07 Å². The molecule has 36 heavy (non-hydrogen) atoms. The molecular weight excluding hydrogens is 460 g/mol. The SMILES string of the molecule is COc1cc2c(cc1C(=O)Nc1cccc(-c3nnnn3C(C)CO)n1)CN(c1cccnc1)CC2. The van der Waals surface area contributed by atoms with E-state index < -0.39 is 0 Å². The molecule has 0 radical (unpaired) electrons. The Morgan fingerprint density at radius 3 is 2.89 bits per heavy atom. The Bertz CT molecular complexity index is 1370. The van der Waals surface area contributed by atoms with Gasteiger partial charge >= 0.3 is 0 Å². The number of pyridine rings is 2. The molecule has 0 saturated carbocycles. The maximum atomic E-state index is 13.3. The molecule has 0 bridgehead atoms. The Labute approximate surface area is 207 Å². The summed E-state index contributed by atoms with van der Waals surface area (Å²) in [6.45, 7) is 3.21. The normalized spacial score (nSPS) is 13.7. The molecule has 3 aromatic heterocycles. The van der Waals surface area contributed by atoms with Crippen LogP contribution in [0, 0.1) is 0 Å². The number of amides is 1. The van der Waals surface area contributed by atoms with Crippen LogP contribution >= 0.6 is 0 Å². The molecule has 1 aliphatic rings. The highest BCUT2D eigenvalue weighted by Crippen LogP contribution is 2.30. The summed E-state index contributed by atoms with van der Waals surface area (Å²) >= 11 is 0. The summed E-state index contributed by atoms with van der Waals surface area (Å²) in [6, 6.07) is 12.7. The van der Waals surface area contributed by atoms with Gasteiger partial charge in [-0.2, -0.15) is 0 Å². The van der Waals surface area contributed by atoms with E-state index in [0.29, 0.717) is 35.2 Å². The summed E-state index contributed by atoms with van der Waals surface area (Å²) in [4.78, 5) is 24.3. The second kappa shape index (κ2) is 10.1. The van der Waals surface area contributed by atoms with Gasteiger partial charge in [-0.25, -0.2) is 9.67 Å². The third kappa shape index (κ3) is 4.60. The maximum Gasteiger partial charge on any atom is 0.260 e. The van der Waals surface area contributed by atoms with E-state index in [0.717, 1.165) is 29.8 Å². The van der Waals surface area contributed by atoms with Gasteiger partial charge in [-0.3, -0.25) is 9.78 Å². The van der Waals surface area contributed by atoms with Gasteiger partial charge in [0.05, 0.1) is 37.2 Å². The van der Waals surface area contributed by atoms with Crippen LogP contribution in [0.15, 0.2) is 54.9 Å². The van der Waals surface area contributed by atoms with Crippen molar-refractivity contribution in [1.29, 1.82) is 0 Å². The lowest BCUT2D eigenvalue weighted by atomic mass is 9.96. The standard InChI is InChI=1S/C25H26N8O3/c1-16(15-34)33-24(29-30-31-33)21-6-3-7-23(27-21)28-25(35)20-11-18-14-32(19-5-4-9-26-13-19)10-8-17(18)12-22(20)36-2/h3-7,9,11-13,16,34H,8,10,14-15H2,1-2H3,(H,27,28,35). The topological polar surface area (TPSA) is 131 Å². The van der Waals surface area contributed by atoms with E-state index in [-0.39, 0.29) is 18.6 Å². The highest BCUT2D eigenvalue weighted by atomic mass is 16.5. The van der Waals surface area contributed by atoms with Crippen molar-refractivity contribution in [2.24, 2.45) is 0 Å². The monoisotopic (exact) mass is 486 g/mol. The molecule has 184 valence electrons. The zero-order chi connectivity index (χ0) is 25.1. The first-order valence-corrected chi connectivity index (χ1v) is 11.6. The van der Waals surface area contributed by atoms with E-state index in [1.54, 1.807) is 38.4 Å². The number of nitrogens with one attached hydrogen (secondary N) is 1. The number of hydrogen-bond acceptors (Lipinski definition) is 9. The minimum Gasteiger partial charge on any atom is -0.496 e. The molecule has 0 aliphatic carbocycles. The minimum absolute atomic E-state index is 0.120. The predicted octanol–water partition coefficient (Wildman–Crippen LogP) is 2.51. The Balaban J connectivity index is 1.40. The Kier molecular flexibility index (Phi) is 6.54. The van der Waals surface area contributed by atoms with Crippen LogP contribution < -0.4 is 15.0 Å². The van der Waals surface area contributed by atoms with Crippen molar-refractivity contribution in [2.45, 2.75) is 25.9 Å². The van der Waals surface area contributed by atoms with Crippen molar-refractivity contribution in [3.63, 3.8) is 0 Å². The summed E-state index contributed by atoms with van der Waals surface area (Å²) in [5, 5.41) is 24.0. The van der Waals surface area contributed by atoms with E-state index in [9.17, 15) is 9.90 Å². The average Bonchev–Trinajstić information content (AvgIpc) is 3.42. The molecule has 1 amide bonds. The zero-order valence-electron chi connectivity index (χ0n) is 20.0. The number of anilines is 2. The van der Waals surface area contributed by atoms with Gasteiger partial charge in [-0.15, -0.1) is 5.10 Å². The Morgan fingerprint density at radius 1 is 1.22 bits per heavy atom. The fourth-order valence-corrected chi connectivity index (χ4v) is 4.24. The number of hydrogen-bond donors (Lipinski definition) is 2. The lowest BCUT2D eigenvalue weighted by Crippen LogP contribution is -2.30. The van der Waals surface area contributed by atoms with Gasteiger partial charge in [0.2, 0.25) is 5.82 Å². The molecule has 1 unspecified atom stereocenters. The number of ether oxygens (including phenoxy) is 1. The molecule has 0 spiro atoms. The van der Waals surface area contributed by atoms with Crippen molar-refractivity contribution in [3.8, 4) is 17.3 Å². The Morgan fingerprint density at radius 2 is 2.11 bits per heavy atom. The Hall–Kier alpha value is -4.38. The third-order valence-electron chi connectivity index (χ3n) is 6.18. The van der Waals surface area contributed by atoms with Gasteiger partial charge in [0.1, 0.15) is 17.3 Å². The number of aliphatic hydroxyl groups excluding tert-OH is 1. The first-order valence-electron chi connectivity index (χ1n) is 11.6. The van der Waals surface area contributed by atoms with Crippen LogP contribution in [0.4, 0.5) is 11.5 Å². The number of aromatic nitrogens is 6. The van der Waals surface area contributed by atoms with Gasteiger partial charge in [0, 0.05) is 19.3 Å². The van der Waals surface area contributed by atoms with Crippen LogP contribution in [0.1, 0.15) is 34.5 Å². The largest absolute Gasteiger partial charge is 0.496 e. The number of fused-ring (bicyclic) bond motifs is 1. The molecule has 4 aromatic rings. The van der Waals surface area contributed by atoms with Gasteiger partial charge in [-0.05, 0) is 71.3 Å². The highest BCUT2D eigenvalue weighted by Gasteiger charge is 2.23. The first-order chi connectivity index (χ1) is 17.6. The lowest BCUT2D eigenvalue weighted by Gasteiger charge is -2.31. The summed E-state index contributed by atoms with van der Waals surface area (Å²) in [7, 11) is 1.56. The summed E-state index contributed by atoms with van der Waals surface area (Å²) in [6.07, 6.45) is 4.44. The fourth-order valence-electron chi connectivity index (χ4n) is 4.24. The second-order valence-electron chi connectivity index (χ2n) is 8.54. The number of benzene rings is 1. The van der Waals surface area contributed by atoms with Gasteiger partial charge in [0.15, 0.2) is 0 Å². The number of rotatable bonds is 7.